The van der Waals surface area contributed by atoms with Crippen LogP contribution in [0.5, 0.6) is 0 Å². The lowest BCUT2D eigenvalue weighted by atomic mass is 9.90. The quantitative estimate of drug-likeness (QED) is 0.807. The van der Waals surface area contributed by atoms with Gasteiger partial charge in [0.15, 0.2) is 0 Å². The molecule has 0 aliphatic carbocycles. The molecule has 120 valence electrons. The van der Waals surface area contributed by atoms with Gasteiger partial charge < -0.3 is 19.5 Å². The highest BCUT2D eigenvalue weighted by Crippen LogP contribution is 2.37. The number of hydrogen-bond donors (Lipinski definition) is 1. The minimum absolute atomic E-state index is 0.112. The molecule has 2 heterocycles. The monoisotopic (exact) mass is 299 g/mol. The van der Waals surface area contributed by atoms with Crippen LogP contribution in [-0.4, -0.2) is 42.5 Å². The molecule has 2 fully saturated rings. The van der Waals surface area contributed by atoms with E-state index in [1.54, 1.807) is 6.92 Å². The van der Waals surface area contributed by atoms with E-state index in [0.717, 1.165) is 12.8 Å². The first-order valence-corrected chi connectivity index (χ1v) is 7.61. The second kappa shape index (κ2) is 6.22. The summed E-state index contributed by atoms with van der Waals surface area (Å²) in [5.74, 6) is -0.750. The van der Waals surface area contributed by atoms with Crippen LogP contribution in [0.3, 0.4) is 0 Å². The van der Waals surface area contributed by atoms with E-state index in [2.05, 4.69) is 5.32 Å². The highest BCUT2D eigenvalue weighted by molar-refractivity contribution is 5.76. The number of esters is 1. The molecule has 0 aromatic rings. The van der Waals surface area contributed by atoms with Crippen LogP contribution in [0.1, 0.15) is 47.0 Å². The van der Waals surface area contributed by atoms with Gasteiger partial charge in [-0.15, -0.1) is 0 Å². The van der Waals surface area contributed by atoms with Crippen molar-refractivity contribution in [2.45, 2.75) is 70.8 Å². The average Bonchev–Trinajstić information content (AvgIpc) is 2.69. The van der Waals surface area contributed by atoms with Crippen LogP contribution < -0.4 is 5.32 Å². The predicted molar refractivity (Wildman–Crippen MR) is 75.8 cm³/mol. The largest absolute Gasteiger partial charge is 0.466 e. The summed E-state index contributed by atoms with van der Waals surface area (Å²) in [5, 5.41) is 2.82. The molecule has 2 saturated heterocycles. The Morgan fingerprint density at radius 1 is 1.29 bits per heavy atom. The summed E-state index contributed by atoms with van der Waals surface area (Å²) < 4.78 is 16.2. The van der Waals surface area contributed by atoms with Crippen LogP contribution in [0.4, 0.5) is 4.79 Å². The van der Waals surface area contributed by atoms with Gasteiger partial charge in [-0.3, -0.25) is 4.79 Å². The van der Waals surface area contributed by atoms with Crippen LogP contribution in [-0.2, 0) is 19.0 Å². The second-order valence-corrected chi connectivity index (χ2v) is 6.64. The van der Waals surface area contributed by atoms with Crippen molar-refractivity contribution < 1.29 is 23.8 Å². The number of alkyl carbamates (subject to hydrolysis) is 1. The van der Waals surface area contributed by atoms with Gasteiger partial charge in [0.05, 0.1) is 24.9 Å². The van der Waals surface area contributed by atoms with Gasteiger partial charge in [0.1, 0.15) is 11.5 Å². The van der Waals surface area contributed by atoms with Crippen LogP contribution in [0.15, 0.2) is 0 Å². The Bertz CT molecular complexity index is 403. The van der Waals surface area contributed by atoms with E-state index in [9.17, 15) is 9.59 Å². The molecule has 0 aromatic carbocycles. The Morgan fingerprint density at radius 3 is 2.62 bits per heavy atom. The predicted octanol–water partition coefficient (Wildman–Crippen LogP) is 2.01. The van der Waals surface area contributed by atoms with Gasteiger partial charge in [-0.1, -0.05) is 0 Å². The number of nitrogens with one attached hydrogen (secondary N) is 1. The van der Waals surface area contributed by atoms with Crippen LogP contribution in [0.25, 0.3) is 0 Å². The summed E-state index contributed by atoms with van der Waals surface area (Å²) >= 11 is 0. The van der Waals surface area contributed by atoms with Crippen molar-refractivity contribution in [3.63, 3.8) is 0 Å². The molecular weight excluding hydrogens is 274 g/mol. The second-order valence-electron chi connectivity index (χ2n) is 6.64. The van der Waals surface area contributed by atoms with Crippen molar-refractivity contribution >= 4 is 12.1 Å². The molecule has 2 bridgehead atoms. The standard InChI is InChI=1S/C15H25NO5/c1-5-19-13(17)12-10(8-9-6-7-11(12)20-9)16-14(18)21-15(2,3)4/h9-12H,5-8H2,1-4H3,(H,16,18)/t9-,10?,11+,12?/m1/s1. The molecule has 0 aromatic heterocycles. The van der Waals surface area contributed by atoms with E-state index in [1.807, 2.05) is 20.8 Å². The summed E-state index contributed by atoms with van der Waals surface area (Å²) in [4.78, 5) is 24.1. The third-order valence-corrected chi connectivity index (χ3v) is 3.75. The fourth-order valence-corrected chi connectivity index (χ4v) is 3.02. The Morgan fingerprint density at radius 2 is 2.00 bits per heavy atom. The maximum absolute atomic E-state index is 12.2. The number of amides is 1. The SMILES string of the molecule is CCOC(=O)C1C(NC(=O)OC(C)(C)C)C[C@H]2CC[C@@H]1O2. The lowest BCUT2D eigenvalue weighted by Crippen LogP contribution is -2.53. The summed E-state index contributed by atoms with van der Waals surface area (Å²) in [7, 11) is 0. The van der Waals surface area contributed by atoms with Gasteiger partial charge in [0.2, 0.25) is 0 Å². The molecule has 6 nitrogen and oxygen atoms in total. The van der Waals surface area contributed by atoms with E-state index in [-0.39, 0.29) is 24.2 Å². The summed E-state index contributed by atoms with van der Waals surface area (Å²) in [6.45, 7) is 7.52. The first-order chi connectivity index (χ1) is 9.80. The maximum atomic E-state index is 12.2. The molecule has 1 amide bonds. The number of carbonyl (C=O) groups is 2. The highest BCUT2D eigenvalue weighted by Gasteiger charge is 2.48. The molecule has 21 heavy (non-hydrogen) atoms. The minimum Gasteiger partial charge on any atom is -0.466 e. The molecule has 6 heteroatoms. The van der Waals surface area contributed by atoms with Crippen molar-refractivity contribution in [1.82, 2.24) is 5.32 Å². The number of rotatable bonds is 3. The Balaban J connectivity index is 2.04. The van der Waals surface area contributed by atoms with Gasteiger partial charge in [-0.05, 0) is 47.0 Å². The van der Waals surface area contributed by atoms with Crippen LogP contribution in [0.2, 0.25) is 0 Å². The molecule has 4 atom stereocenters. The molecule has 2 aliphatic heterocycles. The first kappa shape index (κ1) is 16.1. The topological polar surface area (TPSA) is 73.9 Å². The minimum atomic E-state index is -0.562. The van der Waals surface area contributed by atoms with Crippen molar-refractivity contribution in [3.05, 3.63) is 0 Å². The number of carbonyl (C=O) groups excluding carboxylic acids is 2. The Labute approximate surface area is 125 Å². The summed E-state index contributed by atoms with van der Waals surface area (Å²) in [6.07, 6.45) is 1.83. The highest BCUT2D eigenvalue weighted by atomic mass is 16.6. The number of fused-ring (bicyclic) bond motifs is 2. The fraction of sp³-hybridized carbons (Fsp3) is 0.867. The zero-order valence-electron chi connectivity index (χ0n) is 13.2. The average molecular weight is 299 g/mol. The molecule has 2 unspecified atom stereocenters. The van der Waals surface area contributed by atoms with Crippen LogP contribution >= 0.6 is 0 Å². The van der Waals surface area contributed by atoms with Gasteiger partial charge in [0, 0.05) is 0 Å². The first-order valence-electron chi connectivity index (χ1n) is 7.61. The molecule has 1 N–H and O–H groups in total. The number of ether oxygens (including phenoxy) is 3. The van der Waals surface area contributed by atoms with Gasteiger partial charge >= 0.3 is 12.1 Å². The normalized spacial score (nSPS) is 31.6. The lowest BCUT2D eigenvalue weighted by molar-refractivity contribution is -0.159. The van der Waals surface area contributed by atoms with E-state index in [0.29, 0.717) is 13.0 Å². The Kier molecular flexibility index (Phi) is 4.76. The van der Waals surface area contributed by atoms with Crippen molar-refractivity contribution in [2.24, 2.45) is 5.92 Å². The molecule has 2 aliphatic rings. The Hall–Kier alpha value is -1.30. The molecule has 0 radical (unpaired) electrons. The summed E-state index contributed by atoms with van der Waals surface area (Å²) in [5.41, 5.74) is -0.562. The van der Waals surface area contributed by atoms with E-state index >= 15 is 0 Å². The van der Waals surface area contributed by atoms with Crippen molar-refractivity contribution in [2.75, 3.05) is 6.61 Å². The van der Waals surface area contributed by atoms with Crippen molar-refractivity contribution in [3.8, 4) is 0 Å². The zero-order chi connectivity index (χ0) is 15.6. The van der Waals surface area contributed by atoms with Gasteiger partial charge in [-0.25, -0.2) is 4.79 Å². The molecule has 2 rings (SSSR count). The molecular formula is C15H25NO5. The molecule has 0 saturated carbocycles. The maximum Gasteiger partial charge on any atom is 0.407 e. The van der Waals surface area contributed by atoms with E-state index < -0.39 is 17.6 Å². The van der Waals surface area contributed by atoms with Crippen LogP contribution in [0, 0.1) is 5.92 Å². The van der Waals surface area contributed by atoms with E-state index in [1.165, 1.54) is 0 Å². The third kappa shape index (κ3) is 4.09. The van der Waals surface area contributed by atoms with Gasteiger partial charge in [-0.2, -0.15) is 0 Å². The van der Waals surface area contributed by atoms with E-state index in [4.69, 9.17) is 14.2 Å². The smallest absolute Gasteiger partial charge is 0.407 e. The van der Waals surface area contributed by atoms with Crippen molar-refractivity contribution in [1.29, 1.82) is 0 Å². The summed E-state index contributed by atoms with van der Waals surface area (Å²) in [6, 6.07) is -0.287. The number of hydrogen-bond acceptors (Lipinski definition) is 5. The lowest BCUT2D eigenvalue weighted by Gasteiger charge is -2.35. The third-order valence-electron chi connectivity index (χ3n) is 3.75. The van der Waals surface area contributed by atoms with Gasteiger partial charge in [0.25, 0.3) is 0 Å². The molecule has 0 spiro atoms. The zero-order valence-corrected chi connectivity index (χ0v) is 13.2. The fourth-order valence-electron chi connectivity index (χ4n) is 3.02.